The van der Waals surface area contributed by atoms with Crippen molar-refractivity contribution in [1.29, 1.82) is 0 Å². The molecule has 1 aliphatic carbocycles. The molecule has 0 fully saturated rings. The molecular formula is C30H27Cl3N4O5. The standard InChI is InChI=1S/C30H27Cl3N4O5/c31-19-8-5-17(6-9-19)28(39)37-12-11-21-18(15-37)13-22(32)25(26(21)33)27(38)35-24(29(40)41)14-34-30(42)36-23-10-7-16-3-1-2-4-20(16)23/h1-6,8-9,13,23-24H,7,10-12,14-15H2,(H,35,38)(H,40,41)(H2,34,36,42)/t23-,24+/m1/s1. The number of carbonyl (C=O) groups excluding carboxylic acids is 3. The molecule has 0 aromatic heterocycles. The van der Waals surface area contributed by atoms with Crippen LogP contribution < -0.4 is 16.0 Å². The predicted molar refractivity (Wildman–Crippen MR) is 159 cm³/mol. The molecule has 3 aromatic rings. The van der Waals surface area contributed by atoms with Crippen LogP contribution in [-0.4, -0.2) is 53.0 Å². The molecule has 0 bridgehead atoms. The Balaban J connectivity index is 1.23. The zero-order chi connectivity index (χ0) is 30.0. The van der Waals surface area contributed by atoms with E-state index in [1.165, 1.54) is 0 Å². The van der Waals surface area contributed by atoms with E-state index in [-0.39, 0.29) is 40.6 Å². The molecule has 5 rings (SSSR count). The summed E-state index contributed by atoms with van der Waals surface area (Å²) in [6, 6.07) is 13.8. The molecule has 4 N–H and O–H groups in total. The minimum Gasteiger partial charge on any atom is -0.480 e. The average molecular weight is 630 g/mol. The highest BCUT2D eigenvalue weighted by molar-refractivity contribution is 6.40. The number of nitrogens with zero attached hydrogens (tertiary/aromatic N) is 1. The number of carboxylic acids is 1. The Labute approximate surface area is 257 Å². The lowest BCUT2D eigenvalue weighted by Gasteiger charge is -2.30. The van der Waals surface area contributed by atoms with E-state index in [4.69, 9.17) is 34.8 Å². The van der Waals surface area contributed by atoms with Gasteiger partial charge in [0.15, 0.2) is 0 Å². The first-order chi connectivity index (χ1) is 20.1. The molecule has 0 unspecified atom stereocenters. The van der Waals surface area contributed by atoms with Gasteiger partial charge in [0.1, 0.15) is 6.04 Å². The topological polar surface area (TPSA) is 128 Å². The molecule has 9 nitrogen and oxygen atoms in total. The molecule has 1 aliphatic heterocycles. The number of fused-ring (bicyclic) bond motifs is 2. The summed E-state index contributed by atoms with van der Waals surface area (Å²) >= 11 is 19.0. The highest BCUT2D eigenvalue weighted by Gasteiger charge is 2.30. The number of aliphatic carboxylic acids is 1. The van der Waals surface area contributed by atoms with Crippen molar-refractivity contribution in [1.82, 2.24) is 20.9 Å². The Morgan fingerprint density at radius 2 is 1.71 bits per heavy atom. The molecule has 0 saturated carbocycles. The maximum Gasteiger partial charge on any atom is 0.328 e. The van der Waals surface area contributed by atoms with Crippen LogP contribution >= 0.6 is 34.8 Å². The number of amides is 4. The van der Waals surface area contributed by atoms with Gasteiger partial charge in [0.25, 0.3) is 11.8 Å². The Hall–Kier alpha value is -3.79. The summed E-state index contributed by atoms with van der Waals surface area (Å²) in [6.45, 7) is 0.239. The van der Waals surface area contributed by atoms with Crippen LogP contribution in [0.25, 0.3) is 0 Å². The third-order valence-corrected chi connectivity index (χ3v) is 8.49. The van der Waals surface area contributed by atoms with Gasteiger partial charge in [-0.05, 0) is 71.8 Å². The van der Waals surface area contributed by atoms with Crippen molar-refractivity contribution >= 4 is 58.6 Å². The molecule has 4 amide bonds. The Morgan fingerprint density at radius 3 is 2.45 bits per heavy atom. The molecular weight excluding hydrogens is 603 g/mol. The molecule has 0 saturated heterocycles. The van der Waals surface area contributed by atoms with Crippen LogP contribution in [0.5, 0.6) is 0 Å². The fourth-order valence-electron chi connectivity index (χ4n) is 5.35. The molecule has 1 heterocycles. The lowest BCUT2D eigenvalue weighted by Crippen LogP contribution is -2.50. The third-order valence-electron chi connectivity index (χ3n) is 7.52. The number of nitrogens with one attached hydrogen (secondary N) is 3. The highest BCUT2D eigenvalue weighted by atomic mass is 35.5. The Bertz CT molecular complexity index is 1560. The van der Waals surface area contributed by atoms with Crippen LogP contribution in [0.1, 0.15) is 55.4 Å². The number of urea groups is 1. The SMILES string of the molecule is O=C(NC[C@H](NC(=O)c1c(Cl)cc2c(c1Cl)CCN(C(=O)c1ccc(Cl)cc1)C2)C(=O)O)N[C@@H]1CCc2ccccc21. The quantitative estimate of drug-likeness (QED) is 0.292. The molecule has 2 atom stereocenters. The number of hydrogen-bond donors (Lipinski definition) is 4. The van der Waals surface area contributed by atoms with Crippen LogP contribution in [-0.2, 0) is 24.2 Å². The van der Waals surface area contributed by atoms with E-state index < -0.39 is 23.9 Å². The van der Waals surface area contributed by atoms with E-state index in [9.17, 15) is 24.3 Å². The molecule has 3 aromatic carbocycles. The lowest BCUT2D eigenvalue weighted by atomic mass is 9.96. The van der Waals surface area contributed by atoms with E-state index in [2.05, 4.69) is 16.0 Å². The van der Waals surface area contributed by atoms with Gasteiger partial charge in [-0.3, -0.25) is 9.59 Å². The minimum absolute atomic E-state index is 0.0202. The van der Waals surface area contributed by atoms with Crippen LogP contribution in [0, 0.1) is 0 Å². The van der Waals surface area contributed by atoms with Crippen molar-refractivity contribution in [2.24, 2.45) is 0 Å². The Kier molecular flexibility index (Phi) is 8.91. The van der Waals surface area contributed by atoms with Crippen LogP contribution in [0.4, 0.5) is 4.79 Å². The molecule has 12 heteroatoms. The largest absolute Gasteiger partial charge is 0.480 e. The van der Waals surface area contributed by atoms with Crippen LogP contribution in [0.2, 0.25) is 15.1 Å². The number of benzene rings is 3. The number of hydrogen-bond acceptors (Lipinski definition) is 4. The summed E-state index contributed by atoms with van der Waals surface area (Å²) in [4.78, 5) is 52.3. The van der Waals surface area contributed by atoms with Gasteiger partial charge in [-0.1, -0.05) is 59.1 Å². The second kappa shape index (κ2) is 12.6. The van der Waals surface area contributed by atoms with E-state index in [0.29, 0.717) is 34.7 Å². The predicted octanol–water partition coefficient (Wildman–Crippen LogP) is 5.02. The number of carboxylic acid groups (broad SMARTS) is 1. The maximum absolute atomic E-state index is 13.2. The van der Waals surface area contributed by atoms with Gasteiger partial charge in [0.05, 0.1) is 28.2 Å². The zero-order valence-electron chi connectivity index (χ0n) is 22.3. The summed E-state index contributed by atoms with van der Waals surface area (Å²) in [5, 5.41) is 18.2. The maximum atomic E-state index is 13.2. The highest BCUT2D eigenvalue weighted by Crippen LogP contribution is 2.35. The normalized spacial score (nSPS) is 16.2. The van der Waals surface area contributed by atoms with Gasteiger partial charge in [-0.15, -0.1) is 0 Å². The molecule has 0 spiro atoms. The van der Waals surface area contributed by atoms with E-state index in [0.717, 1.165) is 24.0 Å². The van der Waals surface area contributed by atoms with Gasteiger partial charge in [-0.25, -0.2) is 9.59 Å². The first-order valence-electron chi connectivity index (χ1n) is 13.3. The fraction of sp³-hybridized carbons (Fsp3) is 0.267. The molecule has 218 valence electrons. The van der Waals surface area contributed by atoms with Crippen molar-refractivity contribution in [3.63, 3.8) is 0 Å². The Morgan fingerprint density at radius 1 is 0.976 bits per heavy atom. The van der Waals surface area contributed by atoms with Gasteiger partial charge < -0.3 is 26.0 Å². The third kappa shape index (κ3) is 6.33. The van der Waals surface area contributed by atoms with Gasteiger partial charge >= 0.3 is 12.0 Å². The number of carbonyl (C=O) groups is 4. The monoisotopic (exact) mass is 628 g/mol. The summed E-state index contributed by atoms with van der Waals surface area (Å²) in [7, 11) is 0. The van der Waals surface area contributed by atoms with Crippen LogP contribution in [0.15, 0.2) is 54.6 Å². The van der Waals surface area contributed by atoms with Crippen molar-refractivity contribution in [3.05, 3.63) is 103 Å². The van der Waals surface area contributed by atoms with Gasteiger partial charge in [0, 0.05) is 23.7 Å². The molecule has 42 heavy (non-hydrogen) atoms. The van der Waals surface area contributed by atoms with E-state index in [1.54, 1.807) is 35.2 Å². The van der Waals surface area contributed by atoms with E-state index in [1.807, 2.05) is 24.3 Å². The average Bonchev–Trinajstić information content (AvgIpc) is 3.37. The minimum atomic E-state index is -1.44. The molecule has 2 aliphatic rings. The van der Waals surface area contributed by atoms with Crippen molar-refractivity contribution < 1.29 is 24.3 Å². The van der Waals surface area contributed by atoms with Gasteiger partial charge in [0.2, 0.25) is 0 Å². The molecule has 0 radical (unpaired) electrons. The van der Waals surface area contributed by atoms with Crippen molar-refractivity contribution in [3.8, 4) is 0 Å². The summed E-state index contributed by atoms with van der Waals surface area (Å²) in [5.74, 6) is -2.30. The summed E-state index contributed by atoms with van der Waals surface area (Å²) in [5.41, 5.74) is 3.98. The second-order valence-corrected chi connectivity index (χ2v) is 11.4. The first kappa shape index (κ1) is 29.7. The van der Waals surface area contributed by atoms with Crippen molar-refractivity contribution in [2.45, 2.75) is 37.9 Å². The van der Waals surface area contributed by atoms with Crippen molar-refractivity contribution in [2.75, 3.05) is 13.1 Å². The second-order valence-electron chi connectivity index (χ2n) is 10.2. The smallest absolute Gasteiger partial charge is 0.328 e. The van der Waals surface area contributed by atoms with E-state index >= 15 is 0 Å². The summed E-state index contributed by atoms with van der Waals surface area (Å²) < 4.78 is 0. The number of aryl methyl sites for hydroxylation is 1. The lowest BCUT2D eigenvalue weighted by molar-refractivity contribution is -0.139. The number of rotatable bonds is 7. The summed E-state index contributed by atoms with van der Waals surface area (Å²) in [6.07, 6.45) is 1.96. The van der Waals surface area contributed by atoms with Gasteiger partial charge in [-0.2, -0.15) is 0 Å². The zero-order valence-corrected chi connectivity index (χ0v) is 24.5. The number of halogens is 3. The fourth-order valence-corrected chi connectivity index (χ4v) is 6.24. The first-order valence-corrected chi connectivity index (χ1v) is 14.5. The van der Waals surface area contributed by atoms with Crippen LogP contribution in [0.3, 0.4) is 0 Å².